The third-order valence-corrected chi connectivity index (χ3v) is 3.61. The highest BCUT2D eigenvalue weighted by Gasteiger charge is 2.12. The Kier molecular flexibility index (Phi) is 4.60. The smallest absolute Gasteiger partial charge is 0.0946 e. The fraction of sp³-hybridized carbons (Fsp3) is 0.600. The molecule has 20 heavy (non-hydrogen) atoms. The van der Waals surface area contributed by atoms with Crippen molar-refractivity contribution < 1.29 is 0 Å². The molecule has 0 aliphatic carbocycles. The highest BCUT2D eigenvalue weighted by Crippen LogP contribution is 2.14. The summed E-state index contributed by atoms with van der Waals surface area (Å²) in [4.78, 5) is 4.16. The Hall–Kier alpha value is -1.62. The third-order valence-electron chi connectivity index (χ3n) is 3.61. The predicted molar refractivity (Wildman–Crippen MR) is 80.6 cm³/mol. The fourth-order valence-electron chi connectivity index (χ4n) is 2.32. The summed E-state index contributed by atoms with van der Waals surface area (Å²) in [6.45, 7) is 11.4. The van der Waals surface area contributed by atoms with Crippen molar-refractivity contribution in [3.63, 3.8) is 0 Å². The predicted octanol–water partition coefficient (Wildman–Crippen LogP) is 2.03. The number of rotatable bonds is 6. The Labute approximate surface area is 121 Å². The van der Waals surface area contributed by atoms with Gasteiger partial charge in [-0.05, 0) is 26.3 Å². The van der Waals surface area contributed by atoms with E-state index in [-0.39, 0.29) is 0 Å². The SMILES string of the molecule is Cc1nn(Cc2cncn2C)c(C)c1CNCC(C)C. The lowest BCUT2D eigenvalue weighted by Gasteiger charge is -2.08. The molecular weight excluding hydrogens is 250 g/mol. The van der Waals surface area contributed by atoms with E-state index in [4.69, 9.17) is 0 Å². The summed E-state index contributed by atoms with van der Waals surface area (Å²) < 4.78 is 4.10. The van der Waals surface area contributed by atoms with E-state index >= 15 is 0 Å². The maximum Gasteiger partial charge on any atom is 0.0946 e. The third kappa shape index (κ3) is 3.28. The van der Waals surface area contributed by atoms with Gasteiger partial charge >= 0.3 is 0 Å². The van der Waals surface area contributed by atoms with Crippen molar-refractivity contribution in [2.75, 3.05) is 6.54 Å². The molecule has 2 rings (SSSR count). The number of nitrogens with one attached hydrogen (secondary N) is 1. The van der Waals surface area contributed by atoms with Gasteiger partial charge in [-0.1, -0.05) is 13.8 Å². The van der Waals surface area contributed by atoms with E-state index in [1.165, 1.54) is 11.3 Å². The van der Waals surface area contributed by atoms with Crippen LogP contribution in [0.3, 0.4) is 0 Å². The first-order chi connectivity index (χ1) is 9.49. The Morgan fingerprint density at radius 3 is 2.65 bits per heavy atom. The molecule has 0 unspecified atom stereocenters. The van der Waals surface area contributed by atoms with Crippen molar-refractivity contribution in [1.29, 1.82) is 0 Å². The van der Waals surface area contributed by atoms with Crippen LogP contribution in [0, 0.1) is 19.8 Å². The minimum atomic E-state index is 0.667. The molecule has 0 aliphatic heterocycles. The Morgan fingerprint density at radius 1 is 1.30 bits per heavy atom. The van der Waals surface area contributed by atoms with Gasteiger partial charge in [-0.25, -0.2) is 4.98 Å². The normalized spacial score (nSPS) is 11.5. The lowest BCUT2D eigenvalue weighted by atomic mass is 10.2. The van der Waals surface area contributed by atoms with Crippen molar-refractivity contribution in [2.45, 2.75) is 40.8 Å². The first kappa shape index (κ1) is 14.8. The van der Waals surface area contributed by atoms with Gasteiger partial charge in [0.2, 0.25) is 0 Å². The highest BCUT2D eigenvalue weighted by atomic mass is 15.3. The molecule has 110 valence electrons. The zero-order chi connectivity index (χ0) is 14.7. The largest absolute Gasteiger partial charge is 0.336 e. The van der Waals surface area contributed by atoms with E-state index in [9.17, 15) is 0 Å². The summed E-state index contributed by atoms with van der Waals surface area (Å²) >= 11 is 0. The number of aryl methyl sites for hydroxylation is 2. The average molecular weight is 275 g/mol. The first-order valence-corrected chi connectivity index (χ1v) is 7.17. The number of hydrogen-bond acceptors (Lipinski definition) is 3. The quantitative estimate of drug-likeness (QED) is 0.877. The molecule has 0 aromatic carbocycles. The van der Waals surface area contributed by atoms with Crippen LogP contribution in [-0.4, -0.2) is 25.9 Å². The van der Waals surface area contributed by atoms with Crippen LogP contribution >= 0.6 is 0 Å². The number of aromatic nitrogens is 4. The number of nitrogens with zero attached hydrogens (tertiary/aromatic N) is 4. The topological polar surface area (TPSA) is 47.7 Å². The zero-order valence-corrected chi connectivity index (χ0v) is 13.1. The monoisotopic (exact) mass is 275 g/mol. The number of hydrogen-bond donors (Lipinski definition) is 1. The van der Waals surface area contributed by atoms with Crippen LogP contribution in [0.25, 0.3) is 0 Å². The molecule has 0 saturated heterocycles. The molecule has 0 radical (unpaired) electrons. The van der Waals surface area contributed by atoms with E-state index in [0.717, 1.165) is 31.0 Å². The van der Waals surface area contributed by atoms with Gasteiger partial charge in [-0.2, -0.15) is 5.10 Å². The molecule has 0 bridgehead atoms. The summed E-state index contributed by atoms with van der Waals surface area (Å²) in [5, 5.41) is 8.15. The maximum atomic E-state index is 4.66. The molecule has 0 spiro atoms. The van der Waals surface area contributed by atoms with Gasteiger partial charge in [0.05, 0.1) is 30.5 Å². The molecule has 5 nitrogen and oxygen atoms in total. The van der Waals surface area contributed by atoms with Crippen LogP contribution in [0.15, 0.2) is 12.5 Å². The second-order valence-electron chi connectivity index (χ2n) is 5.83. The van der Waals surface area contributed by atoms with Crippen LogP contribution in [0.4, 0.5) is 0 Å². The van der Waals surface area contributed by atoms with E-state index in [2.05, 4.69) is 47.8 Å². The van der Waals surface area contributed by atoms with Crippen molar-refractivity contribution in [3.05, 3.63) is 35.2 Å². The summed E-state index contributed by atoms with van der Waals surface area (Å²) in [6, 6.07) is 0. The van der Waals surface area contributed by atoms with Gasteiger partial charge in [-0.3, -0.25) is 4.68 Å². The van der Waals surface area contributed by atoms with Gasteiger partial charge < -0.3 is 9.88 Å². The number of imidazole rings is 1. The van der Waals surface area contributed by atoms with Crippen LogP contribution in [-0.2, 0) is 20.1 Å². The fourth-order valence-corrected chi connectivity index (χ4v) is 2.32. The minimum Gasteiger partial charge on any atom is -0.336 e. The van der Waals surface area contributed by atoms with Crippen LogP contribution in [0.2, 0.25) is 0 Å². The second-order valence-corrected chi connectivity index (χ2v) is 5.83. The zero-order valence-electron chi connectivity index (χ0n) is 13.1. The lowest BCUT2D eigenvalue weighted by Crippen LogP contribution is -2.19. The van der Waals surface area contributed by atoms with Gasteiger partial charge in [0.15, 0.2) is 0 Å². The molecule has 0 amide bonds. The van der Waals surface area contributed by atoms with Gasteiger partial charge in [0.1, 0.15) is 0 Å². The molecule has 0 atom stereocenters. The van der Waals surface area contributed by atoms with Crippen LogP contribution in [0.5, 0.6) is 0 Å². The summed E-state index contributed by atoms with van der Waals surface area (Å²) in [6.07, 6.45) is 3.72. The van der Waals surface area contributed by atoms with Gasteiger partial charge in [0.25, 0.3) is 0 Å². The van der Waals surface area contributed by atoms with Crippen LogP contribution in [0.1, 0.15) is 36.5 Å². The van der Waals surface area contributed by atoms with Gasteiger partial charge in [-0.15, -0.1) is 0 Å². The Bertz CT molecular complexity index is 565. The Morgan fingerprint density at radius 2 is 2.05 bits per heavy atom. The standard InChI is InChI=1S/C15H25N5/c1-11(2)6-16-8-15-12(3)18-20(13(15)4)9-14-7-17-10-19(14)5/h7,10-11,16H,6,8-9H2,1-5H3. The van der Waals surface area contributed by atoms with Crippen molar-refractivity contribution in [1.82, 2.24) is 24.6 Å². The molecule has 2 aromatic rings. The lowest BCUT2D eigenvalue weighted by molar-refractivity contribution is 0.550. The van der Waals surface area contributed by atoms with E-state index in [1.807, 2.05) is 24.1 Å². The second kappa shape index (κ2) is 6.22. The van der Waals surface area contributed by atoms with E-state index in [1.54, 1.807) is 0 Å². The van der Waals surface area contributed by atoms with Crippen molar-refractivity contribution >= 4 is 0 Å². The molecule has 5 heteroatoms. The molecule has 0 fully saturated rings. The molecule has 1 N–H and O–H groups in total. The summed E-state index contributed by atoms with van der Waals surface area (Å²) in [7, 11) is 2.01. The Balaban J connectivity index is 2.10. The van der Waals surface area contributed by atoms with E-state index in [0.29, 0.717) is 5.92 Å². The van der Waals surface area contributed by atoms with Crippen molar-refractivity contribution in [3.8, 4) is 0 Å². The molecule has 0 saturated carbocycles. The van der Waals surface area contributed by atoms with Gasteiger partial charge in [0, 0.05) is 24.8 Å². The highest BCUT2D eigenvalue weighted by molar-refractivity contribution is 5.25. The molecule has 0 aliphatic rings. The molecule has 2 heterocycles. The molecular formula is C15H25N5. The first-order valence-electron chi connectivity index (χ1n) is 7.17. The summed E-state index contributed by atoms with van der Waals surface area (Å²) in [5.41, 5.74) is 4.82. The van der Waals surface area contributed by atoms with Crippen LogP contribution < -0.4 is 5.32 Å². The van der Waals surface area contributed by atoms with Crippen molar-refractivity contribution in [2.24, 2.45) is 13.0 Å². The summed E-state index contributed by atoms with van der Waals surface area (Å²) in [5.74, 6) is 0.667. The molecule has 2 aromatic heterocycles. The average Bonchev–Trinajstić information content (AvgIpc) is 2.88. The minimum absolute atomic E-state index is 0.667. The maximum absolute atomic E-state index is 4.66. The van der Waals surface area contributed by atoms with E-state index < -0.39 is 0 Å².